The number of H-pyrrole nitrogens is 1. The van der Waals surface area contributed by atoms with Gasteiger partial charge in [0.15, 0.2) is 0 Å². The van der Waals surface area contributed by atoms with Crippen molar-refractivity contribution < 1.29 is 4.74 Å². The molecule has 90 valence electrons. The fraction of sp³-hybridized carbons (Fsp3) is 0.400. The zero-order valence-electron chi connectivity index (χ0n) is 9.67. The normalized spacial score (nSPS) is 10.5. The van der Waals surface area contributed by atoms with E-state index in [1.54, 1.807) is 6.20 Å². The average Bonchev–Trinajstić information content (AvgIpc) is 2.77. The number of nitrogens with zero attached hydrogens (tertiary/aromatic N) is 4. The van der Waals surface area contributed by atoms with Crippen LogP contribution in [0.5, 0.6) is 6.01 Å². The summed E-state index contributed by atoms with van der Waals surface area (Å²) in [5.74, 6) is 0.615. The Morgan fingerprint density at radius 2 is 2.29 bits per heavy atom. The van der Waals surface area contributed by atoms with E-state index in [9.17, 15) is 0 Å². The van der Waals surface area contributed by atoms with Gasteiger partial charge in [-0.2, -0.15) is 10.1 Å². The monoisotopic (exact) mass is 251 g/mol. The molecule has 2 rings (SSSR count). The van der Waals surface area contributed by atoms with E-state index >= 15 is 0 Å². The van der Waals surface area contributed by atoms with Gasteiger partial charge in [-0.1, -0.05) is 6.92 Å². The topological polar surface area (TPSA) is 68.6 Å². The molecule has 0 unspecified atom stereocenters. The second-order valence-corrected chi connectivity index (χ2v) is 3.85. The standard InChI is InChI=1S/C10H13N5OS/c1-3-4-15-6-7(5-11-15)8-12-9(16-2)14-10(17)13-8/h5-6H,3-4H2,1-2H3,(H,12,13,14,17). The van der Waals surface area contributed by atoms with Crippen molar-refractivity contribution >= 4 is 12.2 Å². The molecule has 0 aliphatic heterocycles. The lowest BCUT2D eigenvalue weighted by molar-refractivity contribution is 0.378. The number of aromatic amines is 1. The van der Waals surface area contributed by atoms with Crippen LogP contribution < -0.4 is 4.74 Å². The van der Waals surface area contributed by atoms with Crippen molar-refractivity contribution in [1.82, 2.24) is 24.7 Å². The number of rotatable bonds is 4. The van der Waals surface area contributed by atoms with Crippen LogP contribution in [0.25, 0.3) is 11.4 Å². The molecule has 2 aromatic rings. The minimum Gasteiger partial charge on any atom is -0.468 e. The summed E-state index contributed by atoms with van der Waals surface area (Å²) >= 11 is 4.96. The van der Waals surface area contributed by atoms with E-state index in [0.717, 1.165) is 18.5 Å². The molecular formula is C10H13N5OS. The lowest BCUT2D eigenvalue weighted by atomic mass is 10.3. The Hall–Kier alpha value is -1.76. The zero-order chi connectivity index (χ0) is 12.3. The lowest BCUT2D eigenvalue weighted by Crippen LogP contribution is -1.98. The summed E-state index contributed by atoms with van der Waals surface area (Å²) in [6, 6.07) is 0.350. The number of aryl methyl sites for hydroxylation is 1. The van der Waals surface area contributed by atoms with E-state index in [-0.39, 0.29) is 4.77 Å². The minimum absolute atomic E-state index is 0.249. The summed E-state index contributed by atoms with van der Waals surface area (Å²) in [5, 5.41) is 4.23. The number of hydrogen-bond donors (Lipinski definition) is 1. The first-order valence-electron chi connectivity index (χ1n) is 5.28. The molecule has 2 heterocycles. The molecule has 0 aliphatic carbocycles. The second kappa shape index (κ2) is 5.05. The Bertz CT molecular complexity index is 562. The van der Waals surface area contributed by atoms with Crippen LogP contribution in [0.15, 0.2) is 12.4 Å². The van der Waals surface area contributed by atoms with E-state index in [1.807, 2.05) is 10.9 Å². The van der Waals surface area contributed by atoms with Gasteiger partial charge in [-0.3, -0.25) is 9.67 Å². The van der Waals surface area contributed by atoms with Gasteiger partial charge in [0, 0.05) is 12.7 Å². The molecule has 0 bridgehead atoms. The number of aromatic nitrogens is 5. The SMILES string of the molecule is CCCn1cc(-c2nc(=S)nc(OC)[nH]2)cn1. The average molecular weight is 251 g/mol. The predicted molar refractivity (Wildman–Crippen MR) is 65.3 cm³/mol. The van der Waals surface area contributed by atoms with E-state index in [4.69, 9.17) is 17.0 Å². The number of ether oxygens (including phenoxy) is 1. The van der Waals surface area contributed by atoms with Crippen LogP contribution in [-0.2, 0) is 6.54 Å². The van der Waals surface area contributed by atoms with Gasteiger partial charge < -0.3 is 4.74 Å². The smallest absolute Gasteiger partial charge is 0.297 e. The molecule has 0 spiro atoms. The molecule has 6 nitrogen and oxygen atoms in total. The largest absolute Gasteiger partial charge is 0.468 e. The molecule has 0 atom stereocenters. The molecule has 2 aromatic heterocycles. The molecule has 7 heteroatoms. The van der Waals surface area contributed by atoms with Crippen molar-refractivity contribution in [2.75, 3.05) is 7.11 Å². The maximum atomic E-state index is 5.01. The fourth-order valence-corrected chi connectivity index (χ4v) is 1.61. The van der Waals surface area contributed by atoms with Gasteiger partial charge in [0.2, 0.25) is 4.77 Å². The van der Waals surface area contributed by atoms with Crippen molar-refractivity contribution in [3.8, 4) is 17.4 Å². The summed E-state index contributed by atoms with van der Waals surface area (Å²) < 4.78 is 7.12. The van der Waals surface area contributed by atoms with Crippen LogP contribution in [0.4, 0.5) is 0 Å². The maximum Gasteiger partial charge on any atom is 0.297 e. The van der Waals surface area contributed by atoms with Crippen molar-refractivity contribution in [1.29, 1.82) is 0 Å². The first kappa shape index (κ1) is 11.7. The van der Waals surface area contributed by atoms with Crippen LogP contribution in [0, 0.1) is 4.77 Å². The first-order chi connectivity index (χ1) is 8.22. The third-order valence-corrected chi connectivity index (χ3v) is 2.37. The van der Waals surface area contributed by atoms with E-state index in [0.29, 0.717) is 11.8 Å². The molecule has 1 N–H and O–H groups in total. The highest BCUT2D eigenvalue weighted by molar-refractivity contribution is 7.71. The summed E-state index contributed by atoms with van der Waals surface area (Å²) in [6.07, 6.45) is 4.68. The minimum atomic E-state index is 0.249. The predicted octanol–water partition coefficient (Wildman–Crippen LogP) is 1.82. The molecule has 0 aliphatic rings. The van der Waals surface area contributed by atoms with E-state index in [2.05, 4.69) is 27.0 Å². The van der Waals surface area contributed by atoms with Gasteiger partial charge in [0.1, 0.15) is 5.82 Å². The third-order valence-electron chi connectivity index (χ3n) is 2.18. The summed E-state index contributed by atoms with van der Waals surface area (Å²) in [4.78, 5) is 11.0. The Kier molecular flexibility index (Phi) is 3.48. The van der Waals surface area contributed by atoms with Gasteiger partial charge in [0.05, 0.1) is 18.9 Å². The molecule has 17 heavy (non-hydrogen) atoms. The highest BCUT2D eigenvalue weighted by Crippen LogP contribution is 2.15. The van der Waals surface area contributed by atoms with Crippen LogP contribution in [-0.4, -0.2) is 31.8 Å². The quantitative estimate of drug-likeness (QED) is 0.839. The Morgan fingerprint density at radius 3 is 3.00 bits per heavy atom. The molecule has 0 radical (unpaired) electrons. The number of methoxy groups -OCH3 is 1. The maximum absolute atomic E-state index is 5.01. The van der Waals surface area contributed by atoms with Gasteiger partial charge in [-0.05, 0) is 18.6 Å². The van der Waals surface area contributed by atoms with Crippen LogP contribution >= 0.6 is 12.2 Å². The van der Waals surface area contributed by atoms with Gasteiger partial charge in [-0.15, -0.1) is 0 Å². The molecule has 0 saturated heterocycles. The Labute approximate surface area is 104 Å². The molecule has 0 saturated carbocycles. The van der Waals surface area contributed by atoms with Gasteiger partial charge >= 0.3 is 0 Å². The molecule has 0 aromatic carbocycles. The molecular weight excluding hydrogens is 238 g/mol. The van der Waals surface area contributed by atoms with Gasteiger partial charge in [-0.25, -0.2) is 4.98 Å². The van der Waals surface area contributed by atoms with Crippen LogP contribution in [0.1, 0.15) is 13.3 Å². The molecule has 0 amide bonds. The van der Waals surface area contributed by atoms with Crippen LogP contribution in [0.2, 0.25) is 0 Å². The van der Waals surface area contributed by atoms with Gasteiger partial charge in [0.25, 0.3) is 6.01 Å². The molecule has 0 fully saturated rings. The van der Waals surface area contributed by atoms with Crippen LogP contribution in [0.3, 0.4) is 0 Å². The Morgan fingerprint density at radius 1 is 1.47 bits per heavy atom. The lowest BCUT2D eigenvalue weighted by Gasteiger charge is -2.01. The summed E-state index contributed by atoms with van der Waals surface area (Å²) in [6.45, 7) is 2.98. The van der Waals surface area contributed by atoms with Crippen molar-refractivity contribution in [3.05, 3.63) is 17.2 Å². The van der Waals surface area contributed by atoms with Crippen molar-refractivity contribution in [2.24, 2.45) is 0 Å². The zero-order valence-corrected chi connectivity index (χ0v) is 10.5. The summed E-state index contributed by atoms with van der Waals surface area (Å²) in [7, 11) is 1.53. The second-order valence-electron chi connectivity index (χ2n) is 3.48. The fourth-order valence-electron chi connectivity index (χ4n) is 1.44. The highest BCUT2D eigenvalue weighted by Gasteiger charge is 2.06. The van der Waals surface area contributed by atoms with Crippen molar-refractivity contribution in [2.45, 2.75) is 19.9 Å². The number of hydrogen-bond acceptors (Lipinski definition) is 5. The third kappa shape index (κ3) is 2.68. The van der Waals surface area contributed by atoms with E-state index in [1.165, 1.54) is 7.11 Å². The first-order valence-corrected chi connectivity index (χ1v) is 5.69. The highest BCUT2D eigenvalue weighted by atomic mass is 32.1. The Balaban J connectivity index is 2.37. The number of nitrogens with one attached hydrogen (secondary N) is 1. The van der Waals surface area contributed by atoms with E-state index < -0.39 is 0 Å². The summed E-state index contributed by atoms with van der Waals surface area (Å²) in [5.41, 5.74) is 0.866. The van der Waals surface area contributed by atoms with Crippen molar-refractivity contribution in [3.63, 3.8) is 0 Å².